The predicted molar refractivity (Wildman–Crippen MR) is 131 cm³/mol. The Morgan fingerprint density at radius 2 is 1.88 bits per heavy atom. The maximum absolute atomic E-state index is 13.3. The summed E-state index contributed by atoms with van der Waals surface area (Å²) in [5.74, 6) is 3.03. The minimum absolute atomic E-state index is 0.113. The number of aliphatic imine (C=N–C) groups is 1. The Balaban J connectivity index is 1.78. The van der Waals surface area contributed by atoms with E-state index in [9.17, 15) is 4.79 Å². The number of rotatable bonds is 7. The van der Waals surface area contributed by atoms with Crippen LogP contribution in [0.1, 0.15) is 5.56 Å². The standard InChI is InChI=1S/C26H22N2O3S/c1-3-16-31-23-14-13-19-9-7-8-12-21(19)22(23)18-24-25(29)28(15-17-30-2)26(32-24)27-20-10-5-4-6-11-20/h1,4-14,18H,15-17H2,2H3. The number of carbonyl (C=O) groups is 1. The van der Waals surface area contributed by atoms with Crippen molar-refractivity contribution in [1.82, 2.24) is 4.90 Å². The van der Waals surface area contributed by atoms with Crippen LogP contribution in [-0.2, 0) is 9.53 Å². The first-order valence-electron chi connectivity index (χ1n) is 10.1. The maximum Gasteiger partial charge on any atom is 0.266 e. The Bertz CT molecular complexity index is 1230. The van der Waals surface area contributed by atoms with Crippen LogP contribution in [0.2, 0.25) is 0 Å². The highest BCUT2D eigenvalue weighted by Crippen LogP contribution is 2.37. The van der Waals surface area contributed by atoms with Crippen molar-refractivity contribution >= 4 is 45.4 Å². The lowest BCUT2D eigenvalue weighted by Crippen LogP contribution is -2.32. The lowest BCUT2D eigenvalue weighted by Gasteiger charge is -2.14. The highest BCUT2D eigenvalue weighted by molar-refractivity contribution is 8.18. The van der Waals surface area contributed by atoms with E-state index in [2.05, 4.69) is 5.92 Å². The van der Waals surface area contributed by atoms with E-state index in [1.807, 2.05) is 72.8 Å². The van der Waals surface area contributed by atoms with Crippen LogP contribution in [0.25, 0.3) is 16.8 Å². The molecule has 1 amide bonds. The number of para-hydroxylation sites is 1. The van der Waals surface area contributed by atoms with Crippen LogP contribution < -0.4 is 4.74 Å². The van der Waals surface area contributed by atoms with Gasteiger partial charge in [-0.25, -0.2) is 4.99 Å². The van der Waals surface area contributed by atoms with E-state index in [4.69, 9.17) is 20.9 Å². The quantitative estimate of drug-likeness (QED) is 0.377. The summed E-state index contributed by atoms with van der Waals surface area (Å²) in [7, 11) is 1.61. The highest BCUT2D eigenvalue weighted by Gasteiger charge is 2.33. The molecular weight excluding hydrogens is 420 g/mol. The molecule has 1 saturated heterocycles. The summed E-state index contributed by atoms with van der Waals surface area (Å²) in [5.41, 5.74) is 1.61. The number of terminal acetylenes is 1. The van der Waals surface area contributed by atoms with Crippen LogP contribution in [0.15, 0.2) is 76.6 Å². The Kier molecular flexibility index (Phi) is 6.90. The molecule has 3 aromatic carbocycles. The van der Waals surface area contributed by atoms with Crippen molar-refractivity contribution < 1.29 is 14.3 Å². The van der Waals surface area contributed by atoms with Crippen LogP contribution in [0.3, 0.4) is 0 Å². The summed E-state index contributed by atoms with van der Waals surface area (Å²) in [6, 6.07) is 21.4. The van der Waals surface area contributed by atoms with E-state index in [0.29, 0.717) is 29.0 Å². The van der Waals surface area contributed by atoms with Crippen molar-refractivity contribution in [3.8, 4) is 18.1 Å². The molecule has 1 aliphatic heterocycles. The van der Waals surface area contributed by atoms with Gasteiger partial charge in [-0.3, -0.25) is 9.69 Å². The first-order valence-corrected chi connectivity index (χ1v) is 10.9. The number of fused-ring (bicyclic) bond motifs is 1. The number of ether oxygens (including phenoxy) is 2. The van der Waals surface area contributed by atoms with Crippen molar-refractivity contribution in [2.45, 2.75) is 0 Å². The van der Waals surface area contributed by atoms with Crippen molar-refractivity contribution in [2.24, 2.45) is 4.99 Å². The van der Waals surface area contributed by atoms with Gasteiger partial charge in [-0.2, -0.15) is 0 Å². The SMILES string of the molecule is C#CCOc1ccc2ccccc2c1C=C1SC(=Nc2ccccc2)N(CCOC)C1=O. The third-order valence-corrected chi connectivity index (χ3v) is 5.91. The molecule has 1 aliphatic rings. The molecule has 0 radical (unpaired) electrons. The number of amides is 1. The van der Waals surface area contributed by atoms with E-state index in [1.165, 1.54) is 11.8 Å². The van der Waals surface area contributed by atoms with Crippen LogP contribution in [0.5, 0.6) is 5.75 Å². The van der Waals surface area contributed by atoms with Gasteiger partial charge in [0, 0.05) is 12.7 Å². The van der Waals surface area contributed by atoms with Gasteiger partial charge in [0.2, 0.25) is 0 Å². The fraction of sp³-hybridized carbons (Fsp3) is 0.154. The van der Waals surface area contributed by atoms with Gasteiger partial charge in [-0.05, 0) is 46.8 Å². The van der Waals surface area contributed by atoms with E-state index in [-0.39, 0.29) is 12.5 Å². The molecule has 0 N–H and O–H groups in total. The largest absolute Gasteiger partial charge is 0.480 e. The van der Waals surface area contributed by atoms with Crippen molar-refractivity contribution in [2.75, 3.05) is 26.9 Å². The fourth-order valence-corrected chi connectivity index (χ4v) is 4.39. The molecule has 6 heteroatoms. The third kappa shape index (κ3) is 4.70. The number of nitrogens with zero attached hydrogens (tertiary/aromatic N) is 2. The minimum Gasteiger partial charge on any atom is -0.480 e. The third-order valence-electron chi connectivity index (χ3n) is 4.91. The first-order chi connectivity index (χ1) is 15.7. The zero-order valence-corrected chi connectivity index (χ0v) is 18.5. The molecule has 0 saturated carbocycles. The lowest BCUT2D eigenvalue weighted by molar-refractivity contribution is -0.122. The molecule has 3 aromatic rings. The molecule has 5 nitrogen and oxygen atoms in total. The average molecular weight is 443 g/mol. The second-order valence-corrected chi connectivity index (χ2v) is 7.99. The number of benzene rings is 3. The van der Waals surface area contributed by atoms with Gasteiger partial charge in [0.15, 0.2) is 5.17 Å². The molecule has 160 valence electrons. The summed E-state index contributed by atoms with van der Waals surface area (Å²) >= 11 is 1.34. The maximum atomic E-state index is 13.3. The van der Waals surface area contributed by atoms with Gasteiger partial charge < -0.3 is 9.47 Å². The monoisotopic (exact) mass is 442 g/mol. The minimum atomic E-state index is -0.113. The highest BCUT2D eigenvalue weighted by atomic mass is 32.2. The smallest absolute Gasteiger partial charge is 0.266 e. The second kappa shape index (κ2) is 10.2. The molecule has 1 heterocycles. The van der Waals surface area contributed by atoms with Crippen LogP contribution in [-0.4, -0.2) is 42.8 Å². The average Bonchev–Trinajstić information content (AvgIpc) is 3.11. The van der Waals surface area contributed by atoms with Crippen molar-refractivity contribution in [3.05, 3.63) is 77.2 Å². The number of hydrogen-bond acceptors (Lipinski definition) is 5. The van der Waals surface area contributed by atoms with E-state index >= 15 is 0 Å². The Morgan fingerprint density at radius 1 is 1.09 bits per heavy atom. The summed E-state index contributed by atoms with van der Waals surface area (Å²) in [6.07, 6.45) is 7.27. The number of carbonyl (C=O) groups excluding carboxylic acids is 1. The molecule has 0 atom stereocenters. The molecule has 0 unspecified atom stereocenters. The second-order valence-electron chi connectivity index (χ2n) is 6.98. The van der Waals surface area contributed by atoms with Gasteiger partial charge in [-0.15, -0.1) is 6.42 Å². The zero-order chi connectivity index (χ0) is 22.3. The van der Waals surface area contributed by atoms with Gasteiger partial charge in [0.05, 0.1) is 23.7 Å². The summed E-state index contributed by atoms with van der Waals surface area (Å²) in [4.78, 5) is 20.2. The number of methoxy groups -OCH3 is 1. The Labute approximate surface area is 191 Å². The number of amidine groups is 1. The van der Waals surface area contributed by atoms with E-state index < -0.39 is 0 Å². The summed E-state index contributed by atoms with van der Waals surface area (Å²) in [5, 5.41) is 2.66. The van der Waals surface area contributed by atoms with Crippen molar-refractivity contribution in [3.63, 3.8) is 0 Å². The first kappa shape index (κ1) is 21.7. The number of hydrogen-bond donors (Lipinski definition) is 0. The molecule has 0 aromatic heterocycles. The molecule has 4 rings (SSSR count). The van der Waals surface area contributed by atoms with Gasteiger partial charge >= 0.3 is 0 Å². The molecular formula is C26H22N2O3S. The van der Waals surface area contributed by atoms with E-state index in [1.54, 1.807) is 12.0 Å². The van der Waals surface area contributed by atoms with Gasteiger partial charge in [0.1, 0.15) is 12.4 Å². The lowest BCUT2D eigenvalue weighted by atomic mass is 10.0. The van der Waals surface area contributed by atoms with Gasteiger partial charge in [-0.1, -0.05) is 54.5 Å². The van der Waals surface area contributed by atoms with Crippen LogP contribution in [0.4, 0.5) is 5.69 Å². The fourth-order valence-electron chi connectivity index (χ4n) is 3.38. The number of thioether (sulfide) groups is 1. The predicted octanol–water partition coefficient (Wildman–Crippen LogP) is 5.10. The molecule has 0 bridgehead atoms. The van der Waals surface area contributed by atoms with Crippen molar-refractivity contribution in [1.29, 1.82) is 0 Å². The topological polar surface area (TPSA) is 51.1 Å². The van der Waals surface area contributed by atoms with Gasteiger partial charge in [0.25, 0.3) is 5.91 Å². The van der Waals surface area contributed by atoms with Crippen LogP contribution >= 0.6 is 11.8 Å². The zero-order valence-electron chi connectivity index (χ0n) is 17.7. The normalized spacial score (nSPS) is 16.1. The molecule has 0 spiro atoms. The molecule has 32 heavy (non-hydrogen) atoms. The Morgan fingerprint density at radius 3 is 2.66 bits per heavy atom. The molecule has 0 aliphatic carbocycles. The summed E-state index contributed by atoms with van der Waals surface area (Å²) in [6.45, 7) is 0.982. The summed E-state index contributed by atoms with van der Waals surface area (Å²) < 4.78 is 11.0. The Hall–Kier alpha value is -3.53. The molecule has 1 fully saturated rings. The van der Waals surface area contributed by atoms with Crippen LogP contribution in [0, 0.1) is 12.3 Å². The van der Waals surface area contributed by atoms with E-state index in [0.717, 1.165) is 22.0 Å².